The second-order valence-corrected chi connectivity index (χ2v) is 11.5. The van der Waals surface area contributed by atoms with Crippen LogP contribution in [0.4, 0.5) is 11.8 Å². The number of aromatic nitrogens is 8. The van der Waals surface area contributed by atoms with Crippen LogP contribution in [0.1, 0.15) is 25.8 Å². The first kappa shape index (κ1) is 26.4. The number of hydrogen-bond donors (Lipinski definition) is 6. The van der Waals surface area contributed by atoms with E-state index in [0.29, 0.717) is 11.2 Å². The Kier molecular flexibility index (Phi) is 5.77. The summed E-state index contributed by atoms with van der Waals surface area (Å²) in [6.07, 6.45) is -1.84. The second-order valence-electron chi connectivity index (χ2n) is 10.2. The zero-order valence-electron chi connectivity index (χ0n) is 21.2. The largest absolute Gasteiger partial charge is 0.473 e. The average Bonchev–Trinajstić information content (AvgIpc) is 3.48. The fourth-order valence-corrected chi connectivity index (χ4v) is 6.82. The van der Waals surface area contributed by atoms with Crippen LogP contribution in [0, 0.1) is 5.92 Å². The van der Waals surface area contributed by atoms with Crippen molar-refractivity contribution < 1.29 is 38.2 Å². The number of nitrogens with two attached hydrogens (primary N) is 2. The number of nitrogens with zero attached hydrogens (tertiary/aromatic N) is 7. The van der Waals surface area contributed by atoms with Crippen molar-refractivity contribution in [1.29, 1.82) is 0 Å². The van der Waals surface area contributed by atoms with Crippen LogP contribution < -0.4 is 17.0 Å². The van der Waals surface area contributed by atoms with Gasteiger partial charge in [-0.1, -0.05) is 6.92 Å². The van der Waals surface area contributed by atoms with Gasteiger partial charge in [0.05, 0.1) is 25.4 Å². The van der Waals surface area contributed by atoms with E-state index in [9.17, 15) is 24.5 Å². The molecule has 7 rings (SSSR count). The molecule has 0 aromatic carbocycles. The number of phosphoric ester groups is 1. The standard InChI is InChI=1S/C21H25N10O9P/c1-7-18(30-5-26-10-14(22)24-4-25-15(10)30)38-12-13(21(7,12)34)40-41(35,36)39-9-2-8(3-32)37-19(9)31-6-27-11-16(31)28-20(23)29-17(11)33/h4-9,12-13,18-19,32,34H,2-3H2,1H3,(H,35,36)(H2,22,24,25)(H3,23,28,29,33)/t7-,8-,9+,12+,13?,18+,19+,21-/m0/s1. The summed E-state index contributed by atoms with van der Waals surface area (Å²) < 4.78 is 38.8. The number of imidazole rings is 2. The lowest BCUT2D eigenvalue weighted by Gasteiger charge is -2.26. The van der Waals surface area contributed by atoms with E-state index in [-0.39, 0.29) is 29.4 Å². The molecule has 41 heavy (non-hydrogen) atoms. The van der Waals surface area contributed by atoms with Crippen LogP contribution in [0.2, 0.25) is 0 Å². The Morgan fingerprint density at radius 1 is 1.12 bits per heavy atom. The molecule has 0 bridgehead atoms. The Labute approximate surface area is 228 Å². The highest BCUT2D eigenvalue weighted by Gasteiger charge is 2.77. The van der Waals surface area contributed by atoms with E-state index >= 15 is 0 Å². The monoisotopic (exact) mass is 592 g/mol. The zero-order chi connectivity index (χ0) is 28.8. The predicted octanol–water partition coefficient (Wildman–Crippen LogP) is -1.45. The molecule has 2 saturated heterocycles. The molecule has 0 radical (unpaired) electrons. The minimum Gasteiger partial charge on any atom is -0.394 e. The molecular formula is C21H25N10O9P. The number of phosphoric acid groups is 1. The molecule has 19 nitrogen and oxygen atoms in total. The van der Waals surface area contributed by atoms with Gasteiger partial charge in [0.25, 0.3) is 5.56 Å². The molecule has 1 saturated carbocycles. The highest BCUT2D eigenvalue weighted by Crippen LogP contribution is 2.64. The van der Waals surface area contributed by atoms with Crippen LogP contribution in [0.3, 0.4) is 0 Å². The number of rotatable bonds is 7. The summed E-state index contributed by atoms with van der Waals surface area (Å²) in [6, 6.07) is 0. The molecule has 2 aliphatic heterocycles. The number of aromatic amines is 1. The molecule has 3 aliphatic rings. The van der Waals surface area contributed by atoms with Crippen LogP contribution in [0.15, 0.2) is 23.8 Å². The van der Waals surface area contributed by atoms with Gasteiger partial charge in [-0.15, -0.1) is 0 Å². The van der Waals surface area contributed by atoms with E-state index in [1.54, 1.807) is 11.5 Å². The number of nitrogen functional groups attached to an aromatic ring is 2. The van der Waals surface area contributed by atoms with E-state index in [4.69, 9.17) is 30.0 Å². The molecule has 9 atom stereocenters. The number of ether oxygens (including phenoxy) is 2. The van der Waals surface area contributed by atoms with Gasteiger partial charge in [-0.2, -0.15) is 4.98 Å². The van der Waals surface area contributed by atoms with Crippen LogP contribution in [-0.4, -0.2) is 90.8 Å². The van der Waals surface area contributed by atoms with Crippen molar-refractivity contribution in [2.45, 2.75) is 55.8 Å². The summed E-state index contributed by atoms with van der Waals surface area (Å²) >= 11 is 0. The second kappa shape index (κ2) is 8.97. The third-order valence-corrected chi connectivity index (χ3v) is 8.80. The molecule has 2 unspecified atom stereocenters. The van der Waals surface area contributed by atoms with E-state index in [2.05, 4.69) is 29.9 Å². The van der Waals surface area contributed by atoms with Gasteiger partial charge in [-0.05, 0) is 0 Å². The van der Waals surface area contributed by atoms with Gasteiger partial charge in [0.2, 0.25) is 5.95 Å². The first-order valence-corrected chi connectivity index (χ1v) is 14.0. The van der Waals surface area contributed by atoms with E-state index in [0.717, 1.165) is 0 Å². The summed E-state index contributed by atoms with van der Waals surface area (Å²) in [4.78, 5) is 45.6. The molecule has 6 heterocycles. The quantitative estimate of drug-likeness (QED) is 0.134. The highest BCUT2D eigenvalue weighted by atomic mass is 31.2. The van der Waals surface area contributed by atoms with Crippen LogP contribution >= 0.6 is 7.82 Å². The Hall–Kier alpha value is -3.55. The first-order valence-electron chi connectivity index (χ1n) is 12.5. The van der Waals surface area contributed by atoms with Crippen molar-refractivity contribution in [3.63, 3.8) is 0 Å². The minimum absolute atomic E-state index is 0.000541. The normalized spacial score (nSPS) is 34.3. The predicted molar refractivity (Wildman–Crippen MR) is 136 cm³/mol. The fourth-order valence-electron chi connectivity index (χ4n) is 5.67. The molecule has 20 heteroatoms. The van der Waals surface area contributed by atoms with Gasteiger partial charge >= 0.3 is 7.82 Å². The van der Waals surface area contributed by atoms with Crippen molar-refractivity contribution in [3.8, 4) is 0 Å². The summed E-state index contributed by atoms with van der Waals surface area (Å²) in [7, 11) is -4.84. The lowest BCUT2D eigenvalue weighted by atomic mass is 10.0. The van der Waals surface area contributed by atoms with E-state index < -0.39 is 68.4 Å². The number of fused-ring (bicyclic) bond motifs is 3. The minimum atomic E-state index is -4.84. The Morgan fingerprint density at radius 2 is 1.85 bits per heavy atom. The number of anilines is 2. The Bertz CT molecular complexity index is 1780. The number of aliphatic hydroxyl groups excluding tert-OH is 1. The SMILES string of the molecule is C[C@H]1[C@H](n2cnc3c(N)ncnc32)O[C@@H]2C(OP(=O)(O)O[C@@H]3C[C@@H](CO)O[C@H]3n3cnc4c(=O)[nH]c(N)nc43)[C@@]21O. The molecule has 3 fully saturated rings. The smallest absolute Gasteiger partial charge is 0.394 e. The average molecular weight is 592 g/mol. The first-order chi connectivity index (χ1) is 19.5. The Morgan fingerprint density at radius 3 is 2.56 bits per heavy atom. The molecule has 0 amide bonds. The summed E-state index contributed by atoms with van der Waals surface area (Å²) in [5, 5.41) is 21.0. The molecule has 218 valence electrons. The molecule has 1 aliphatic carbocycles. The van der Waals surface area contributed by atoms with Gasteiger partial charge in [-0.25, -0.2) is 24.5 Å². The van der Waals surface area contributed by atoms with Crippen molar-refractivity contribution >= 4 is 41.9 Å². The molecule has 4 aromatic heterocycles. The number of nitrogens with one attached hydrogen (secondary N) is 1. The van der Waals surface area contributed by atoms with E-state index in [1.165, 1.54) is 23.5 Å². The van der Waals surface area contributed by atoms with E-state index in [1.807, 2.05) is 0 Å². The van der Waals surface area contributed by atoms with Gasteiger partial charge in [-0.3, -0.25) is 28.0 Å². The van der Waals surface area contributed by atoms with Crippen molar-refractivity contribution in [3.05, 3.63) is 29.3 Å². The third kappa shape index (κ3) is 3.97. The van der Waals surface area contributed by atoms with Crippen molar-refractivity contribution in [2.75, 3.05) is 18.1 Å². The lowest BCUT2D eigenvalue weighted by molar-refractivity contribution is -0.0609. The molecule has 0 spiro atoms. The molecule has 4 aromatic rings. The molecular weight excluding hydrogens is 567 g/mol. The fraction of sp³-hybridized carbons (Fsp3) is 0.524. The summed E-state index contributed by atoms with van der Waals surface area (Å²) in [6.45, 7) is 1.29. The van der Waals surface area contributed by atoms with Crippen LogP contribution in [0.25, 0.3) is 22.3 Å². The number of aliphatic hydroxyl groups is 2. The zero-order valence-corrected chi connectivity index (χ0v) is 22.1. The highest BCUT2D eigenvalue weighted by molar-refractivity contribution is 7.47. The maximum absolute atomic E-state index is 13.2. The topological polar surface area (TPSA) is 274 Å². The van der Waals surface area contributed by atoms with Gasteiger partial charge in [0, 0.05) is 12.3 Å². The van der Waals surface area contributed by atoms with Crippen LogP contribution in [0.5, 0.6) is 0 Å². The summed E-state index contributed by atoms with van der Waals surface area (Å²) in [5.74, 6) is -0.593. The van der Waals surface area contributed by atoms with Crippen LogP contribution in [-0.2, 0) is 23.1 Å². The number of hydrogen-bond acceptors (Lipinski definition) is 15. The lowest BCUT2D eigenvalue weighted by Crippen LogP contribution is -2.30. The van der Waals surface area contributed by atoms with Gasteiger partial charge in [0.15, 0.2) is 28.9 Å². The maximum Gasteiger partial charge on any atom is 0.473 e. The van der Waals surface area contributed by atoms with Crippen molar-refractivity contribution in [1.82, 2.24) is 39.0 Å². The molecule has 8 N–H and O–H groups in total. The maximum atomic E-state index is 13.2. The van der Waals surface area contributed by atoms with Gasteiger partial charge < -0.3 is 36.0 Å². The van der Waals surface area contributed by atoms with Crippen molar-refractivity contribution in [2.24, 2.45) is 5.92 Å². The number of H-pyrrole nitrogens is 1. The Balaban J connectivity index is 1.09. The summed E-state index contributed by atoms with van der Waals surface area (Å²) in [5.41, 5.74) is 10.1. The van der Waals surface area contributed by atoms with Gasteiger partial charge in [0.1, 0.15) is 42.0 Å². The third-order valence-electron chi connectivity index (χ3n) is 7.77.